The minimum atomic E-state index is -3.73. The number of ether oxygens (including phenoxy) is 2. The number of methoxy groups -OCH3 is 1. The maximum Gasteiger partial charge on any atom is 0.250 e. The molecule has 0 saturated carbocycles. The van der Waals surface area contributed by atoms with Crippen molar-refractivity contribution in [1.29, 1.82) is 0 Å². The van der Waals surface area contributed by atoms with Gasteiger partial charge < -0.3 is 14.6 Å². The fourth-order valence-electron chi connectivity index (χ4n) is 2.31. The number of sulfonamides is 1. The molecule has 0 aliphatic rings. The molecule has 148 valence electrons. The summed E-state index contributed by atoms with van der Waals surface area (Å²) in [6, 6.07) is 15.6. The summed E-state index contributed by atoms with van der Waals surface area (Å²) in [6.45, 7) is -0.201. The maximum absolute atomic E-state index is 12.4. The summed E-state index contributed by atoms with van der Waals surface area (Å²) in [5.41, 5.74) is 0.710. The van der Waals surface area contributed by atoms with Crippen LogP contribution in [0.1, 0.15) is 0 Å². The second-order valence-electron chi connectivity index (χ2n) is 5.83. The lowest BCUT2D eigenvalue weighted by Gasteiger charge is -2.13. The van der Waals surface area contributed by atoms with Crippen molar-refractivity contribution in [1.82, 2.24) is 9.71 Å². The van der Waals surface area contributed by atoms with Gasteiger partial charge in [-0.05, 0) is 48.5 Å². The monoisotopic (exact) mass is 420 g/mol. The van der Waals surface area contributed by atoms with Crippen LogP contribution in [0, 0.1) is 0 Å². The Morgan fingerprint density at radius 1 is 1.11 bits per heavy atom. The number of pyridine rings is 1. The van der Waals surface area contributed by atoms with E-state index in [1.807, 2.05) is 12.1 Å². The van der Waals surface area contributed by atoms with Crippen LogP contribution in [0.3, 0.4) is 0 Å². The molecule has 0 amide bonds. The number of aliphatic hydroxyl groups excluding tert-OH is 1. The van der Waals surface area contributed by atoms with Gasteiger partial charge >= 0.3 is 0 Å². The van der Waals surface area contributed by atoms with Crippen LogP contribution in [0.25, 0.3) is 10.6 Å². The van der Waals surface area contributed by atoms with Crippen LogP contribution in [0.5, 0.6) is 11.5 Å². The van der Waals surface area contributed by atoms with Crippen LogP contribution in [0.15, 0.2) is 65.0 Å². The van der Waals surface area contributed by atoms with Crippen molar-refractivity contribution in [2.24, 2.45) is 0 Å². The van der Waals surface area contributed by atoms with E-state index in [9.17, 15) is 13.5 Å². The number of benzene rings is 1. The van der Waals surface area contributed by atoms with E-state index in [0.29, 0.717) is 17.2 Å². The zero-order valence-corrected chi connectivity index (χ0v) is 16.7. The van der Waals surface area contributed by atoms with Gasteiger partial charge in [-0.25, -0.2) is 13.1 Å². The van der Waals surface area contributed by atoms with Crippen molar-refractivity contribution in [3.63, 3.8) is 0 Å². The van der Waals surface area contributed by atoms with Gasteiger partial charge in [0.2, 0.25) is 10.0 Å². The molecular weight excluding hydrogens is 400 g/mol. The standard InChI is InChI=1S/C19H20N2O5S2/c1-25-15-5-7-16(8-6-15)26-13-14(22)12-21-28(23,24)19-10-9-18(27-19)17-4-2-3-11-20-17/h2-11,14,21-22H,12-13H2,1H3. The Kier molecular flexibility index (Phi) is 6.63. The van der Waals surface area contributed by atoms with E-state index in [-0.39, 0.29) is 17.4 Å². The van der Waals surface area contributed by atoms with E-state index >= 15 is 0 Å². The second-order valence-corrected chi connectivity index (χ2v) is 8.90. The topological polar surface area (TPSA) is 97.7 Å². The van der Waals surface area contributed by atoms with Crippen molar-refractivity contribution < 1.29 is 23.0 Å². The molecule has 2 heterocycles. The highest BCUT2D eigenvalue weighted by molar-refractivity contribution is 7.91. The Hall–Kier alpha value is -2.46. The second kappa shape index (κ2) is 9.16. The molecule has 7 nitrogen and oxygen atoms in total. The number of nitrogens with zero attached hydrogens (tertiary/aromatic N) is 1. The highest BCUT2D eigenvalue weighted by Crippen LogP contribution is 2.29. The molecule has 1 unspecified atom stereocenters. The average molecular weight is 421 g/mol. The number of aromatic nitrogens is 1. The summed E-state index contributed by atoms with van der Waals surface area (Å²) in [7, 11) is -2.16. The van der Waals surface area contributed by atoms with Crippen LogP contribution < -0.4 is 14.2 Å². The zero-order valence-electron chi connectivity index (χ0n) is 15.1. The first kappa shape index (κ1) is 20.3. The minimum absolute atomic E-state index is 0.0432. The van der Waals surface area contributed by atoms with E-state index in [2.05, 4.69) is 9.71 Å². The maximum atomic E-state index is 12.4. The first-order valence-electron chi connectivity index (χ1n) is 8.44. The smallest absolute Gasteiger partial charge is 0.250 e. The van der Waals surface area contributed by atoms with E-state index in [4.69, 9.17) is 9.47 Å². The van der Waals surface area contributed by atoms with Gasteiger partial charge in [0, 0.05) is 12.7 Å². The number of rotatable bonds is 9. The van der Waals surface area contributed by atoms with Crippen LogP contribution in [-0.2, 0) is 10.0 Å². The van der Waals surface area contributed by atoms with Crippen LogP contribution in [-0.4, -0.2) is 44.9 Å². The fraction of sp³-hybridized carbons (Fsp3) is 0.211. The molecule has 3 rings (SSSR count). The van der Waals surface area contributed by atoms with Gasteiger partial charge in [0.25, 0.3) is 0 Å². The lowest BCUT2D eigenvalue weighted by molar-refractivity contribution is 0.111. The molecule has 2 aromatic heterocycles. The highest BCUT2D eigenvalue weighted by Gasteiger charge is 2.19. The first-order valence-corrected chi connectivity index (χ1v) is 10.7. The van der Waals surface area contributed by atoms with Crippen LogP contribution >= 0.6 is 11.3 Å². The van der Waals surface area contributed by atoms with E-state index < -0.39 is 16.1 Å². The van der Waals surface area contributed by atoms with Crippen molar-refractivity contribution >= 4 is 21.4 Å². The van der Waals surface area contributed by atoms with Crippen LogP contribution in [0.2, 0.25) is 0 Å². The molecule has 3 aromatic rings. The van der Waals surface area contributed by atoms with Gasteiger partial charge in [-0.3, -0.25) is 4.98 Å². The summed E-state index contributed by atoms with van der Waals surface area (Å²) in [6.07, 6.45) is 0.660. The molecule has 0 spiro atoms. The first-order chi connectivity index (χ1) is 13.5. The normalized spacial score (nSPS) is 12.5. The van der Waals surface area contributed by atoms with Gasteiger partial charge in [-0.15, -0.1) is 11.3 Å². The number of hydrogen-bond acceptors (Lipinski definition) is 7. The van der Waals surface area contributed by atoms with Gasteiger partial charge in [0.05, 0.1) is 17.7 Å². The van der Waals surface area contributed by atoms with Crippen molar-refractivity contribution in [3.05, 3.63) is 60.8 Å². The number of aliphatic hydroxyl groups is 1. The summed E-state index contributed by atoms with van der Waals surface area (Å²) in [5.74, 6) is 1.25. The minimum Gasteiger partial charge on any atom is -0.497 e. The lowest BCUT2D eigenvalue weighted by Crippen LogP contribution is -2.35. The van der Waals surface area contributed by atoms with Gasteiger partial charge in [0.1, 0.15) is 28.4 Å². The summed E-state index contributed by atoms with van der Waals surface area (Å²) < 4.78 is 38.0. The quantitative estimate of drug-likeness (QED) is 0.552. The molecule has 1 aromatic carbocycles. The Morgan fingerprint density at radius 3 is 2.54 bits per heavy atom. The van der Waals surface area contributed by atoms with E-state index in [0.717, 1.165) is 16.2 Å². The third-order valence-electron chi connectivity index (χ3n) is 3.77. The molecule has 0 saturated heterocycles. The Bertz CT molecular complexity index is 989. The summed E-state index contributed by atoms with van der Waals surface area (Å²) in [4.78, 5) is 4.97. The fourth-order valence-corrected chi connectivity index (χ4v) is 4.71. The average Bonchev–Trinajstić information content (AvgIpc) is 3.23. The largest absolute Gasteiger partial charge is 0.497 e. The molecule has 9 heteroatoms. The van der Waals surface area contributed by atoms with E-state index in [1.54, 1.807) is 49.7 Å². The van der Waals surface area contributed by atoms with Gasteiger partial charge in [-0.1, -0.05) is 6.07 Å². The van der Waals surface area contributed by atoms with Crippen LogP contribution in [0.4, 0.5) is 0 Å². The molecule has 28 heavy (non-hydrogen) atoms. The number of hydrogen-bond donors (Lipinski definition) is 2. The molecule has 0 aliphatic carbocycles. The third kappa shape index (κ3) is 5.29. The predicted octanol–water partition coefficient (Wildman–Crippen LogP) is 2.54. The lowest BCUT2D eigenvalue weighted by atomic mass is 10.3. The number of thiophene rings is 1. The molecule has 1 atom stereocenters. The third-order valence-corrected chi connectivity index (χ3v) is 6.80. The van der Waals surface area contributed by atoms with Crippen molar-refractivity contribution in [2.45, 2.75) is 10.3 Å². The molecule has 0 fully saturated rings. The molecule has 0 aliphatic heterocycles. The Morgan fingerprint density at radius 2 is 1.86 bits per heavy atom. The van der Waals surface area contributed by atoms with E-state index in [1.165, 1.54) is 6.07 Å². The zero-order chi connectivity index (χ0) is 20.0. The molecule has 0 radical (unpaired) electrons. The molecule has 0 bridgehead atoms. The summed E-state index contributed by atoms with van der Waals surface area (Å²) >= 11 is 1.12. The van der Waals surface area contributed by atoms with Gasteiger partial charge in [-0.2, -0.15) is 0 Å². The Labute approximate surface area is 167 Å². The van der Waals surface area contributed by atoms with Crippen molar-refractivity contribution in [2.75, 3.05) is 20.3 Å². The van der Waals surface area contributed by atoms with Gasteiger partial charge in [0.15, 0.2) is 0 Å². The molecule has 2 N–H and O–H groups in total. The Balaban J connectivity index is 1.53. The highest BCUT2D eigenvalue weighted by atomic mass is 32.2. The number of nitrogens with one attached hydrogen (secondary N) is 1. The molecular formula is C19H20N2O5S2. The summed E-state index contributed by atoms with van der Waals surface area (Å²) in [5, 5.41) is 10.0. The predicted molar refractivity (Wildman–Crippen MR) is 107 cm³/mol. The van der Waals surface area contributed by atoms with Crippen molar-refractivity contribution in [3.8, 4) is 22.1 Å². The SMILES string of the molecule is COc1ccc(OCC(O)CNS(=O)(=O)c2ccc(-c3ccccn3)s2)cc1.